The number of amides is 1. The van der Waals surface area contributed by atoms with Crippen LogP contribution in [0.1, 0.15) is 32.9 Å². The molecule has 35 heavy (non-hydrogen) atoms. The first-order chi connectivity index (χ1) is 17.1. The Morgan fingerprint density at radius 3 is 2.66 bits per heavy atom. The van der Waals surface area contributed by atoms with Gasteiger partial charge < -0.3 is 15.4 Å². The molecule has 7 nitrogen and oxygen atoms in total. The minimum Gasteiger partial charge on any atom is -0.383 e. The Bertz CT molecular complexity index is 1260. The molecule has 2 N–H and O–H groups in total. The molecule has 4 rings (SSSR count). The second-order valence-electron chi connectivity index (χ2n) is 8.24. The number of carbonyl (C=O) groups is 1. The molecule has 0 spiro atoms. The molecular formula is C28H29N5O2. The standard InChI is InChI=1S/C28H29N5O2/c1-20-5-10-25(32-28(34)22-8-6-21(7-9-22)18-30-14-15-35-2)16-24(20)17-27-31-13-11-26(33-27)23-4-3-12-29-19-23/h3-13,16,19,30H,14-15,17-18H2,1-2H3,(H,32,34). The van der Waals surface area contributed by atoms with Crippen LogP contribution in [0.3, 0.4) is 0 Å². The molecule has 0 radical (unpaired) electrons. The van der Waals surface area contributed by atoms with Gasteiger partial charge in [0, 0.05) is 62.0 Å². The van der Waals surface area contributed by atoms with Gasteiger partial charge in [-0.3, -0.25) is 9.78 Å². The highest BCUT2D eigenvalue weighted by atomic mass is 16.5. The van der Waals surface area contributed by atoms with Crippen molar-refractivity contribution in [2.75, 3.05) is 25.6 Å². The van der Waals surface area contributed by atoms with Crippen molar-refractivity contribution < 1.29 is 9.53 Å². The number of hydrogen-bond acceptors (Lipinski definition) is 6. The maximum atomic E-state index is 12.8. The number of carbonyl (C=O) groups excluding carboxylic acids is 1. The Kier molecular flexibility index (Phi) is 8.27. The first-order valence-corrected chi connectivity index (χ1v) is 11.5. The lowest BCUT2D eigenvalue weighted by Crippen LogP contribution is -2.18. The van der Waals surface area contributed by atoms with Gasteiger partial charge >= 0.3 is 0 Å². The number of ether oxygens (including phenoxy) is 1. The van der Waals surface area contributed by atoms with Crippen LogP contribution in [0.5, 0.6) is 0 Å². The second-order valence-corrected chi connectivity index (χ2v) is 8.24. The molecule has 7 heteroatoms. The van der Waals surface area contributed by atoms with Crippen LogP contribution >= 0.6 is 0 Å². The number of aryl methyl sites for hydroxylation is 1. The molecule has 0 bridgehead atoms. The van der Waals surface area contributed by atoms with Crippen molar-refractivity contribution in [1.82, 2.24) is 20.3 Å². The minimum absolute atomic E-state index is 0.145. The lowest BCUT2D eigenvalue weighted by molar-refractivity contribution is 0.102. The topological polar surface area (TPSA) is 89.0 Å². The molecule has 0 unspecified atom stereocenters. The molecule has 0 aliphatic rings. The molecule has 4 aromatic rings. The zero-order valence-corrected chi connectivity index (χ0v) is 20.0. The summed E-state index contributed by atoms with van der Waals surface area (Å²) in [4.78, 5) is 26.1. The fourth-order valence-electron chi connectivity index (χ4n) is 3.65. The van der Waals surface area contributed by atoms with Gasteiger partial charge in [0.2, 0.25) is 0 Å². The molecule has 178 valence electrons. The van der Waals surface area contributed by atoms with E-state index in [1.165, 1.54) is 0 Å². The summed E-state index contributed by atoms with van der Waals surface area (Å²) in [5.74, 6) is 0.571. The third kappa shape index (κ3) is 6.79. The van der Waals surface area contributed by atoms with E-state index in [9.17, 15) is 4.79 Å². The van der Waals surface area contributed by atoms with Gasteiger partial charge in [-0.05, 0) is 66.1 Å². The van der Waals surface area contributed by atoms with Crippen LogP contribution in [-0.4, -0.2) is 41.1 Å². The van der Waals surface area contributed by atoms with E-state index in [0.29, 0.717) is 24.4 Å². The summed E-state index contributed by atoms with van der Waals surface area (Å²) in [6, 6.07) is 19.3. The largest absolute Gasteiger partial charge is 0.383 e. The number of anilines is 1. The van der Waals surface area contributed by atoms with Crippen molar-refractivity contribution in [2.45, 2.75) is 19.9 Å². The fourth-order valence-corrected chi connectivity index (χ4v) is 3.65. The predicted octanol–water partition coefficient (Wildman–Crippen LogP) is 4.43. The van der Waals surface area contributed by atoms with E-state index in [4.69, 9.17) is 9.72 Å². The highest BCUT2D eigenvalue weighted by Crippen LogP contribution is 2.20. The lowest BCUT2D eigenvalue weighted by atomic mass is 10.0. The highest BCUT2D eigenvalue weighted by molar-refractivity contribution is 6.04. The Labute approximate surface area is 205 Å². The smallest absolute Gasteiger partial charge is 0.255 e. The third-order valence-electron chi connectivity index (χ3n) is 5.65. The van der Waals surface area contributed by atoms with E-state index < -0.39 is 0 Å². The number of aromatic nitrogens is 3. The highest BCUT2D eigenvalue weighted by Gasteiger charge is 2.10. The third-order valence-corrected chi connectivity index (χ3v) is 5.65. The molecule has 0 saturated carbocycles. The Morgan fingerprint density at radius 1 is 1.03 bits per heavy atom. The molecule has 0 saturated heterocycles. The number of nitrogens with zero attached hydrogens (tertiary/aromatic N) is 3. The van der Waals surface area contributed by atoms with Gasteiger partial charge in [0.15, 0.2) is 0 Å². The molecule has 0 atom stereocenters. The molecular weight excluding hydrogens is 438 g/mol. The summed E-state index contributed by atoms with van der Waals surface area (Å²) >= 11 is 0. The quantitative estimate of drug-likeness (QED) is 0.336. The van der Waals surface area contributed by atoms with Gasteiger partial charge in [0.05, 0.1) is 12.3 Å². The molecule has 2 aromatic heterocycles. The van der Waals surface area contributed by atoms with Crippen LogP contribution in [0.4, 0.5) is 5.69 Å². The number of pyridine rings is 1. The number of rotatable bonds is 10. The first-order valence-electron chi connectivity index (χ1n) is 11.5. The van der Waals surface area contributed by atoms with E-state index in [1.807, 2.05) is 67.6 Å². The van der Waals surface area contributed by atoms with Gasteiger partial charge in [0.25, 0.3) is 5.91 Å². The van der Waals surface area contributed by atoms with Crippen molar-refractivity contribution in [3.8, 4) is 11.3 Å². The number of methoxy groups -OCH3 is 1. The monoisotopic (exact) mass is 467 g/mol. The van der Waals surface area contributed by atoms with E-state index in [0.717, 1.165) is 46.7 Å². The van der Waals surface area contributed by atoms with Crippen molar-refractivity contribution in [3.63, 3.8) is 0 Å². The van der Waals surface area contributed by atoms with Gasteiger partial charge in [-0.25, -0.2) is 9.97 Å². The summed E-state index contributed by atoms with van der Waals surface area (Å²) in [7, 11) is 1.68. The molecule has 0 aliphatic carbocycles. The molecule has 0 fully saturated rings. The normalized spacial score (nSPS) is 10.8. The van der Waals surface area contributed by atoms with Crippen molar-refractivity contribution in [1.29, 1.82) is 0 Å². The maximum absolute atomic E-state index is 12.8. The van der Waals surface area contributed by atoms with Gasteiger partial charge in [-0.1, -0.05) is 18.2 Å². The lowest BCUT2D eigenvalue weighted by Gasteiger charge is -2.11. The fraction of sp³-hybridized carbons (Fsp3) is 0.214. The van der Waals surface area contributed by atoms with E-state index in [1.54, 1.807) is 25.7 Å². The van der Waals surface area contributed by atoms with Crippen LogP contribution in [-0.2, 0) is 17.7 Å². The van der Waals surface area contributed by atoms with E-state index in [2.05, 4.69) is 20.6 Å². The zero-order valence-electron chi connectivity index (χ0n) is 20.0. The summed E-state index contributed by atoms with van der Waals surface area (Å²) in [5, 5.41) is 6.30. The summed E-state index contributed by atoms with van der Waals surface area (Å²) < 4.78 is 5.03. The minimum atomic E-state index is -0.145. The second kappa shape index (κ2) is 12.0. The van der Waals surface area contributed by atoms with Crippen molar-refractivity contribution in [2.24, 2.45) is 0 Å². The maximum Gasteiger partial charge on any atom is 0.255 e. The average molecular weight is 468 g/mol. The predicted molar refractivity (Wildman–Crippen MR) is 137 cm³/mol. The first kappa shape index (κ1) is 24.2. The molecule has 0 aliphatic heterocycles. The van der Waals surface area contributed by atoms with Crippen molar-refractivity contribution in [3.05, 3.63) is 107 Å². The number of hydrogen-bond donors (Lipinski definition) is 2. The summed E-state index contributed by atoms with van der Waals surface area (Å²) in [5.41, 5.74) is 6.42. The number of nitrogens with one attached hydrogen (secondary N) is 2. The van der Waals surface area contributed by atoms with Crippen molar-refractivity contribution >= 4 is 11.6 Å². The Hall–Kier alpha value is -3.94. The molecule has 1 amide bonds. The summed E-state index contributed by atoms with van der Waals surface area (Å²) in [6.07, 6.45) is 5.86. The summed E-state index contributed by atoms with van der Waals surface area (Å²) in [6.45, 7) is 4.23. The zero-order chi connectivity index (χ0) is 24.5. The van der Waals surface area contributed by atoms with E-state index in [-0.39, 0.29) is 5.91 Å². The van der Waals surface area contributed by atoms with Crippen LogP contribution in [0.25, 0.3) is 11.3 Å². The SMILES string of the molecule is COCCNCc1ccc(C(=O)Nc2ccc(C)c(Cc3nccc(-c4cccnc4)n3)c2)cc1. The van der Waals surface area contributed by atoms with Crippen LogP contribution in [0.15, 0.2) is 79.3 Å². The van der Waals surface area contributed by atoms with Crippen LogP contribution in [0, 0.1) is 6.92 Å². The van der Waals surface area contributed by atoms with Crippen LogP contribution < -0.4 is 10.6 Å². The molecule has 2 aromatic carbocycles. The van der Waals surface area contributed by atoms with Gasteiger partial charge in [0.1, 0.15) is 5.82 Å². The Morgan fingerprint density at radius 2 is 1.89 bits per heavy atom. The Balaban J connectivity index is 1.42. The molecule has 2 heterocycles. The average Bonchev–Trinajstić information content (AvgIpc) is 2.89. The van der Waals surface area contributed by atoms with Crippen LogP contribution in [0.2, 0.25) is 0 Å². The number of benzene rings is 2. The van der Waals surface area contributed by atoms with Gasteiger partial charge in [-0.2, -0.15) is 0 Å². The van der Waals surface area contributed by atoms with Gasteiger partial charge in [-0.15, -0.1) is 0 Å². The van der Waals surface area contributed by atoms with E-state index >= 15 is 0 Å².